The van der Waals surface area contributed by atoms with Crippen LogP contribution >= 0.6 is 11.8 Å². The normalized spacial score (nSPS) is 16.8. The molecule has 0 saturated carbocycles. The van der Waals surface area contributed by atoms with Crippen LogP contribution in [0.4, 0.5) is 14.5 Å². The van der Waals surface area contributed by atoms with E-state index in [4.69, 9.17) is 0 Å². The van der Waals surface area contributed by atoms with Gasteiger partial charge in [0.25, 0.3) is 5.76 Å². The van der Waals surface area contributed by atoms with E-state index in [-0.39, 0.29) is 18.2 Å². The Morgan fingerprint density at radius 1 is 1.15 bits per heavy atom. The van der Waals surface area contributed by atoms with Crippen molar-refractivity contribution in [1.29, 1.82) is 0 Å². The highest BCUT2D eigenvalue weighted by atomic mass is 32.2. The molecule has 4 nitrogen and oxygen atoms in total. The largest absolute Gasteiger partial charge is 0.342 e. The molecule has 3 rings (SSSR count). The van der Waals surface area contributed by atoms with Crippen LogP contribution in [0.2, 0.25) is 0 Å². The first-order chi connectivity index (χ1) is 13.0. The van der Waals surface area contributed by atoms with Gasteiger partial charge < -0.3 is 10.2 Å². The fourth-order valence-corrected chi connectivity index (χ4v) is 3.67. The van der Waals surface area contributed by atoms with E-state index in [1.54, 1.807) is 29.2 Å². The number of halogens is 2. The first-order valence-electron chi connectivity index (χ1n) is 8.69. The van der Waals surface area contributed by atoms with Crippen LogP contribution in [0.3, 0.4) is 0 Å². The molecule has 0 aromatic heterocycles. The van der Waals surface area contributed by atoms with Crippen molar-refractivity contribution in [3.63, 3.8) is 0 Å². The molecule has 0 spiro atoms. The first-order valence-corrected chi connectivity index (χ1v) is 9.57. The van der Waals surface area contributed by atoms with Crippen molar-refractivity contribution in [2.75, 3.05) is 18.4 Å². The lowest BCUT2D eigenvalue weighted by molar-refractivity contribution is -0.128. The van der Waals surface area contributed by atoms with Crippen molar-refractivity contribution in [3.8, 4) is 0 Å². The molecule has 1 aliphatic rings. The molecule has 142 valence electrons. The molecule has 1 fully saturated rings. The summed E-state index contributed by atoms with van der Waals surface area (Å²) >= 11 is 0.391. The lowest BCUT2D eigenvalue weighted by Gasteiger charge is -2.17. The highest BCUT2D eigenvalue weighted by molar-refractivity contribution is 7.99. The van der Waals surface area contributed by atoms with E-state index >= 15 is 0 Å². The fraction of sp³-hybridized carbons (Fsp3) is 0.300. The maximum absolute atomic E-state index is 12.7. The Hall–Kier alpha value is -2.41. The third-order valence-corrected chi connectivity index (χ3v) is 5.25. The monoisotopic (exact) mass is 390 g/mol. The standard InChI is InChI=1S/C20H20F2N2O2S/c21-20(22)27-17-9-5-4-8-16(17)23-19(26)15-12-18(25)24(13-15)11-10-14-6-2-1-3-7-14/h1-9,15,20H,10-13H2,(H,23,26). The predicted octanol–water partition coefficient (Wildman–Crippen LogP) is 4.03. The predicted molar refractivity (Wildman–Crippen MR) is 102 cm³/mol. The van der Waals surface area contributed by atoms with E-state index in [2.05, 4.69) is 5.32 Å². The van der Waals surface area contributed by atoms with Crippen molar-refractivity contribution in [1.82, 2.24) is 4.90 Å². The van der Waals surface area contributed by atoms with Crippen LogP contribution in [0.1, 0.15) is 12.0 Å². The Bertz CT molecular complexity index is 802. The number of nitrogens with zero attached hydrogens (tertiary/aromatic N) is 1. The molecule has 1 heterocycles. The van der Waals surface area contributed by atoms with E-state index in [1.807, 2.05) is 30.3 Å². The lowest BCUT2D eigenvalue weighted by Crippen LogP contribution is -2.30. The number of hydrogen-bond donors (Lipinski definition) is 1. The van der Waals surface area contributed by atoms with Crippen LogP contribution in [0, 0.1) is 5.92 Å². The van der Waals surface area contributed by atoms with Crippen molar-refractivity contribution >= 4 is 29.3 Å². The number of likely N-dealkylation sites (tertiary alicyclic amines) is 1. The molecular formula is C20H20F2N2O2S. The summed E-state index contributed by atoms with van der Waals surface area (Å²) in [6.07, 6.45) is 0.875. The van der Waals surface area contributed by atoms with Gasteiger partial charge in [-0.3, -0.25) is 9.59 Å². The summed E-state index contributed by atoms with van der Waals surface area (Å²) in [5.41, 5.74) is 1.49. The molecule has 2 aromatic carbocycles. The molecule has 1 N–H and O–H groups in total. The number of thioether (sulfide) groups is 1. The van der Waals surface area contributed by atoms with E-state index in [9.17, 15) is 18.4 Å². The molecule has 2 aromatic rings. The van der Waals surface area contributed by atoms with Crippen molar-refractivity contribution in [3.05, 3.63) is 60.2 Å². The van der Waals surface area contributed by atoms with Gasteiger partial charge in [-0.1, -0.05) is 54.2 Å². The van der Waals surface area contributed by atoms with Crippen molar-refractivity contribution < 1.29 is 18.4 Å². The minimum absolute atomic E-state index is 0.0543. The lowest BCUT2D eigenvalue weighted by atomic mass is 10.1. The van der Waals surface area contributed by atoms with Crippen LogP contribution in [0.5, 0.6) is 0 Å². The molecule has 0 radical (unpaired) electrons. The molecule has 1 atom stereocenters. The summed E-state index contributed by atoms with van der Waals surface area (Å²) in [6, 6.07) is 16.3. The summed E-state index contributed by atoms with van der Waals surface area (Å²) in [5, 5.41) is 2.70. The van der Waals surface area contributed by atoms with Gasteiger partial charge >= 0.3 is 0 Å². The number of carbonyl (C=O) groups is 2. The first kappa shape index (κ1) is 19.4. The number of benzene rings is 2. The molecule has 7 heteroatoms. The van der Waals surface area contributed by atoms with E-state index in [0.29, 0.717) is 35.4 Å². The second kappa shape index (κ2) is 8.99. The summed E-state index contributed by atoms with van der Waals surface area (Å²) in [4.78, 5) is 26.8. The number of carbonyl (C=O) groups excluding carboxylic acids is 2. The van der Waals surface area contributed by atoms with Crippen LogP contribution in [0.25, 0.3) is 0 Å². The zero-order valence-corrected chi connectivity index (χ0v) is 15.4. The number of amides is 2. The Kier molecular flexibility index (Phi) is 6.45. The van der Waals surface area contributed by atoms with Gasteiger partial charge in [0.1, 0.15) is 0 Å². The van der Waals surface area contributed by atoms with Gasteiger partial charge in [0.05, 0.1) is 11.6 Å². The minimum atomic E-state index is -2.57. The molecule has 2 amide bonds. The minimum Gasteiger partial charge on any atom is -0.342 e. The number of rotatable bonds is 7. The van der Waals surface area contributed by atoms with Crippen molar-refractivity contribution in [2.45, 2.75) is 23.5 Å². The smallest absolute Gasteiger partial charge is 0.288 e. The van der Waals surface area contributed by atoms with E-state index < -0.39 is 11.7 Å². The van der Waals surface area contributed by atoms with Crippen molar-refractivity contribution in [2.24, 2.45) is 5.92 Å². The van der Waals surface area contributed by atoms with Gasteiger partial charge in [0.2, 0.25) is 11.8 Å². The second-order valence-corrected chi connectivity index (χ2v) is 7.37. The maximum atomic E-state index is 12.7. The van der Waals surface area contributed by atoms with Gasteiger partial charge in [-0.2, -0.15) is 8.78 Å². The number of hydrogen-bond acceptors (Lipinski definition) is 3. The molecule has 1 aliphatic heterocycles. The molecular weight excluding hydrogens is 370 g/mol. The zero-order valence-electron chi connectivity index (χ0n) is 14.6. The van der Waals surface area contributed by atoms with Crippen LogP contribution in [-0.4, -0.2) is 35.6 Å². The fourth-order valence-electron chi connectivity index (χ4n) is 3.08. The second-order valence-electron chi connectivity index (χ2n) is 6.34. The number of nitrogens with one attached hydrogen (secondary N) is 1. The topological polar surface area (TPSA) is 49.4 Å². The van der Waals surface area contributed by atoms with Gasteiger partial charge in [-0.25, -0.2) is 0 Å². The Labute approximate surface area is 160 Å². The Balaban J connectivity index is 1.58. The maximum Gasteiger partial charge on any atom is 0.288 e. The van der Waals surface area contributed by atoms with E-state index in [0.717, 1.165) is 12.0 Å². The van der Waals surface area contributed by atoms with Crippen LogP contribution in [-0.2, 0) is 16.0 Å². The average molecular weight is 390 g/mol. The third kappa shape index (κ3) is 5.29. The SMILES string of the molecule is O=C(Nc1ccccc1SC(F)F)C1CC(=O)N(CCc2ccccc2)C1. The Morgan fingerprint density at radius 3 is 2.59 bits per heavy atom. The molecule has 1 saturated heterocycles. The van der Waals surface area contributed by atoms with Gasteiger partial charge in [-0.05, 0) is 24.1 Å². The summed E-state index contributed by atoms with van der Waals surface area (Å²) in [5.74, 6) is -3.41. The zero-order chi connectivity index (χ0) is 19.2. The van der Waals surface area contributed by atoms with Gasteiger partial charge in [0.15, 0.2) is 0 Å². The number of para-hydroxylation sites is 1. The quantitative estimate of drug-likeness (QED) is 0.726. The van der Waals surface area contributed by atoms with Crippen LogP contribution < -0.4 is 5.32 Å². The highest BCUT2D eigenvalue weighted by Crippen LogP contribution is 2.32. The molecule has 0 bridgehead atoms. The average Bonchev–Trinajstić information content (AvgIpc) is 3.03. The van der Waals surface area contributed by atoms with Crippen LogP contribution in [0.15, 0.2) is 59.5 Å². The highest BCUT2D eigenvalue weighted by Gasteiger charge is 2.34. The van der Waals surface area contributed by atoms with E-state index in [1.165, 1.54) is 0 Å². The van der Waals surface area contributed by atoms with Gasteiger partial charge in [-0.15, -0.1) is 0 Å². The molecule has 27 heavy (non-hydrogen) atoms. The third-order valence-electron chi connectivity index (χ3n) is 4.46. The summed E-state index contributed by atoms with van der Waals surface area (Å²) < 4.78 is 25.3. The summed E-state index contributed by atoms with van der Waals surface area (Å²) in [7, 11) is 0. The Morgan fingerprint density at radius 2 is 1.85 bits per heavy atom. The number of alkyl halides is 2. The summed E-state index contributed by atoms with van der Waals surface area (Å²) in [6.45, 7) is 0.909. The number of anilines is 1. The van der Waals surface area contributed by atoms with Gasteiger partial charge in [0, 0.05) is 24.4 Å². The molecule has 1 unspecified atom stereocenters. The molecule has 0 aliphatic carbocycles.